The molecule has 2 nitrogen and oxygen atoms in total. The maximum atomic E-state index is 5.83. The molecule has 0 saturated heterocycles. The molecule has 1 fully saturated rings. The first-order chi connectivity index (χ1) is 8.72. The van der Waals surface area contributed by atoms with Crippen molar-refractivity contribution < 1.29 is 0 Å². The van der Waals surface area contributed by atoms with E-state index in [1.165, 1.54) is 49.7 Å². The molecule has 1 aliphatic rings. The van der Waals surface area contributed by atoms with Crippen LogP contribution >= 0.6 is 15.9 Å². The zero-order valence-electron chi connectivity index (χ0n) is 11.1. The van der Waals surface area contributed by atoms with Crippen molar-refractivity contribution in [3.63, 3.8) is 0 Å². The summed E-state index contributed by atoms with van der Waals surface area (Å²) in [7, 11) is 0. The molecule has 0 radical (unpaired) electrons. The van der Waals surface area contributed by atoms with E-state index >= 15 is 0 Å². The highest BCUT2D eigenvalue weighted by Gasteiger charge is 2.24. The monoisotopic (exact) mass is 310 g/mol. The zero-order valence-corrected chi connectivity index (χ0v) is 12.7. The van der Waals surface area contributed by atoms with Gasteiger partial charge in [-0.15, -0.1) is 0 Å². The lowest BCUT2D eigenvalue weighted by Gasteiger charge is -2.27. The Morgan fingerprint density at radius 2 is 1.89 bits per heavy atom. The highest BCUT2D eigenvalue weighted by molar-refractivity contribution is 9.10. The summed E-state index contributed by atoms with van der Waals surface area (Å²) in [6.45, 7) is 2.17. The van der Waals surface area contributed by atoms with Gasteiger partial charge in [0.2, 0.25) is 0 Å². The van der Waals surface area contributed by atoms with Crippen molar-refractivity contribution in [2.24, 2.45) is 11.8 Å². The second-order valence-corrected chi connectivity index (χ2v) is 6.31. The topological polar surface area (TPSA) is 38.0 Å². The van der Waals surface area contributed by atoms with Gasteiger partial charge in [-0.2, -0.15) is 0 Å². The summed E-state index contributed by atoms with van der Waals surface area (Å²) in [5, 5.41) is 0. The van der Waals surface area contributed by atoms with Gasteiger partial charge in [0.25, 0.3) is 0 Å². The van der Waals surface area contributed by atoms with Gasteiger partial charge in [-0.1, -0.05) is 47.7 Å². The van der Waals surface area contributed by atoms with E-state index in [1.807, 2.05) is 0 Å². The highest BCUT2D eigenvalue weighted by atomic mass is 79.9. The van der Waals surface area contributed by atoms with Gasteiger partial charge < -0.3 is 0 Å². The van der Waals surface area contributed by atoms with E-state index in [2.05, 4.69) is 46.5 Å². The quantitative estimate of drug-likeness (QED) is 0.498. The minimum Gasteiger partial charge on any atom is -0.271 e. The first-order valence-corrected chi connectivity index (χ1v) is 7.74. The molecule has 1 aromatic carbocycles. The van der Waals surface area contributed by atoms with Crippen LogP contribution in [0.5, 0.6) is 0 Å². The van der Waals surface area contributed by atoms with Crippen LogP contribution in [0.15, 0.2) is 22.7 Å². The number of hydrogen-bond acceptors (Lipinski definition) is 2. The summed E-state index contributed by atoms with van der Waals surface area (Å²) in [5.74, 6) is 6.51. The average molecular weight is 311 g/mol. The molecule has 3 N–H and O–H groups in total. The first kappa shape index (κ1) is 14.0. The van der Waals surface area contributed by atoms with Crippen molar-refractivity contribution in [1.82, 2.24) is 5.43 Å². The zero-order chi connectivity index (χ0) is 13.0. The average Bonchev–Trinajstić information content (AvgIpc) is 2.62. The van der Waals surface area contributed by atoms with Gasteiger partial charge in [-0.05, 0) is 48.9 Å². The lowest BCUT2D eigenvalue weighted by atomic mass is 9.86. The lowest BCUT2D eigenvalue weighted by Crippen LogP contribution is -2.34. The number of rotatable bonds is 3. The van der Waals surface area contributed by atoms with Gasteiger partial charge in [0.1, 0.15) is 0 Å². The fourth-order valence-electron chi connectivity index (χ4n) is 3.11. The van der Waals surface area contributed by atoms with Crippen LogP contribution in [0.25, 0.3) is 0 Å². The van der Waals surface area contributed by atoms with E-state index < -0.39 is 0 Å². The Kier molecular flexibility index (Phi) is 5.22. The molecular formula is C15H23BrN2. The Morgan fingerprint density at radius 1 is 1.22 bits per heavy atom. The summed E-state index contributed by atoms with van der Waals surface area (Å²) in [6.07, 6.45) is 8.05. The molecule has 0 aromatic heterocycles. The molecular weight excluding hydrogens is 288 g/mol. The molecule has 0 amide bonds. The summed E-state index contributed by atoms with van der Waals surface area (Å²) < 4.78 is 1.14. The molecule has 18 heavy (non-hydrogen) atoms. The van der Waals surface area contributed by atoms with E-state index in [0.717, 1.165) is 4.47 Å². The van der Waals surface area contributed by atoms with Crippen LogP contribution in [0.3, 0.4) is 0 Å². The van der Waals surface area contributed by atoms with Gasteiger partial charge in [0, 0.05) is 10.5 Å². The molecule has 3 heteroatoms. The standard InChI is InChI=1S/C15H23BrN2/c1-11-10-13(16)8-9-14(11)15(18-17)12-6-4-2-3-5-7-12/h8-10,12,15,18H,2-7,17H2,1H3. The second kappa shape index (κ2) is 6.69. The predicted octanol–water partition coefficient (Wildman–Crippen LogP) is 4.23. The third-order valence-electron chi connectivity index (χ3n) is 4.12. The fraction of sp³-hybridized carbons (Fsp3) is 0.600. The molecule has 100 valence electrons. The molecule has 0 spiro atoms. The number of benzene rings is 1. The molecule has 0 heterocycles. The van der Waals surface area contributed by atoms with Crippen LogP contribution in [0.1, 0.15) is 55.7 Å². The minimum absolute atomic E-state index is 0.302. The minimum atomic E-state index is 0.302. The summed E-state index contributed by atoms with van der Waals surface area (Å²) in [4.78, 5) is 0. The molecule has 1 atom stereocenters. The van der Waals surface area contributed by atoms with Crippen LogP contribution in [0.4, 0.5) is 0 Å². The third-order valence-corrected chi connectivity index (χ3v) is 4.61. The number of halogens is 1. The van der Waals surface area contributed by atoms with Crippen molar-refractivity contribution in [1.29, 1.82) is 0 Å². The normalized spacial score (nSPS) is 19.5. The Morgan fingerprint density at radius 3 is 2.44 bits per heavy atom. The Balaban J connectivity index is 2.20. The molecule has 1 aromatic rings. The number of nitrogens with two attached hydrogens (primary N) is 1. The van der Waals surface area contributed by atoms with Crippen LogP contribution < -0.4 is 11.3 Å². The van der Waals surface area contributed by atoms with Gasteiger partial charge >= 0.3 is 0 Å². The maximum absolute atomic E-state index is 5.83. The molecule has 1 unspecified atom stereocenters. The molecule has 1 saturated carbocycles. The number of nitrogens with one attached hydrogen (secondary N) is 1. The van der Waals surface area contributed by atoms with E-state index in [-0.39, 0.29) is 0 Å². The largest absolute Gasteiger partial charge is 0.271 e. The molecule has 0 bridgehead atoms. The third kappa shape index (κ3) is 3.34. The van der Waals surface area contributed by atoms with E-state index in [4.69, 9.17) is 5.84 Å². The van der Waals surface area contributed by atoms with Crippen molar-refractivity contribution in [2.45, 2.75) is 51.5 Å². The summed E-state index contributed by atoms with van der Waals surface area (Å²) >= 11 is 3.52. The van der Waals surface area contributed by atoms with E-state index in [9.17, 15) is 0 Å². The van der Waals surface area contributed by atoms with Crippen molar-refractivity contribution >= 4 is 15.9 Å². The molecule has 0 aliphatic heterocycles. The smallest absolute Gasteiger partial charge is 0.0490 e. The van der Waals surface area contributed by atoms with E-state index in [0.29, 0.717) is 12.0 Å². The fourth-order valence-corrected chi connectivity index (χ4v) is 3.59. The SMILES string of the molecule is Cc1cc(Br)ccc1C(NN)C1CCCCCC1. The Hall–Kier alpha value is -0.380. The summed E-state index contributed by atoms with van der Waals surface area (Å²) in [6, 6.07) is 6.80. The molecule has 1 aliphatic carbocycles. The van der Waals surface area contributed by atoms with Crippen LogP contribution in [-0.2, 0) is 0 Å². The predicted molar refractivity (Wildman–Crippen MR) is 80.1 cm³/mol. The van der Waals surface area contributed by atoms with Crippen LogP contribution in [-0.4, -0.2) is 0 Å². The van der Waals surface area contributed by atoms with Gasteiger partial charge in [-0.3, -0.25) is 11.3 Å². The first-order valence-electron chi connectivity index (χ1n) is 6.94. The number of hydrazine groups is 1. The molecule has 2 rings (SSSR count). The maximum Gasteiger partial charge on any atom is 0.0490 e. The van der Waals surface area contributed by atoms with Gasteiger partial charge in [0.05, 0.1) is 0 Å². The Bertz CT molecular complexity index is 384. The number of hydrogen-bond donors (Lipinski definition) is 2. The lowest BCUT2D eigenvalue weighted by molar-refractivity contribution is 0.328. The van der Waals surface area contributed by atoms with Crippen molar-refractivity contribution in [3.05, 3.63) is 33.8 Å². The number of aryl methyl sites for hydroxylation is 1. The van der Waals surface area contributed by atoms with Gasteiger partial charge in [0.15, 0.2) is 0 Å². The van der Waals surface area contributed by atoms with Crippen LogP contribution in [0, 0.1) is 12.8 Å². The van der Waals surface area contributed by atoms with Crippen LogP contribution in [0.2, 0.25) is 0 Å². The second-order valence-electron chi connectivity index (χ2n) is 5.40. The highest BCUT2D eigenvalue weighted by Crippen LogP contribution is 2.34. The van der Waals surface area contributed by atoms with Crippen molar-refractivity contribution in [2.75, 3.05) is 0 Å². The Labute approximate surface area is 118 Å². The van der Waals surface area contributed by atoms with E-state index in [1.54, 1.807) is 0 Å². The summed E-state index contributed by atoms with van der Waals surface area (Å²) in [5.41, 5.74) is 5.73. The van der Waals surface area contributed by atoms with Gasteiger partial charge in [-0.25, -0.2) is 0 Å². The van der Waals surface area contributed by atoms with Crippen molar-refractivity contribution in [3.8, 4) is 0 Å².